The fraction of sp³-hybridized carbons (Fsp3) is 0.0385. The summed E-state index contributed by atoms with van der Waals surface area (Å²) in [4.78, 5) is 15.1. The molecule has 5 heteroatoms. The van der Waals surface area contributed by atoms with Crippen LogP contribution in [-0.2, 0) is 0 Å². The first-order valence-electron chi connectivity index (χ1n) is 18.9. The summed E-state index contributed by atoms with van der Waals surface area (Å²) < 4.78 is 9.23. The summed E-state index contributed by atoms with van der Waals surface area (Å²) in [6, 6.07) is 48.9. The molecule has 5 aromatic carbocycles. The number of amidine groups is 1. The van der Waals surface area contributed by atoms with Gasteiger partial charge >= 0.3 is 0 Å². The van der Waals surface area contributed by atoms with Gasteiger partial charge in [-0.2, -0.15) is 0 Å². The number of benzene rings is 5. The molecule has 2 unspecified atom stereocenters. The number of aliphatic imine (C=N–C) groups is 2. The van der Waals surface area contributed by atoms with E-state index >= 15 is 0 Å². The molecule has 57 heavy (non-hydrogen) atoms. The van der Waals surface area contributed by atoms with Crippen molar-refractivity contribution in [2.45, 2.75) is 12.0 Å². The van der Waals surface area contributed by atoms with Gasteiger partial charge in [-0.1, -0.05) is 171 Å². The largest absolute Gasteiger partial charge is 0.484 e. The first-order chi connectivity index (χ1) is 28.2. The van der Waals surface area contributed by atoms with E-state index in [0.29, 0.717) is 0 Å². The van der Waals surface area contributed by atoms with Crippen LogP contribution in [0.15, 0.2) is 223 Å². The number of allylic oxidation sites excluding steroid dienone is 8. The third-order valence-electron chi connectivity index (χ3n) is 10.3. The van der Waals surface area contributed by atoms with Gasteiger partial charge in [0.1, 0.15) is 19.2 Å². The van der Waals surface area contributed by atoms with E-state index in [1.54, 1.807) is 6.08 Å². The Hall–Kier alpha value is -6.57. The van der Waals surface area contributed by atoms with E-state index in [-0.39, 0.29) is 12.0 Å². The lowest BCUT2D eigenvalue weighted by molar-refractivity contribution is 0.268. The van der Waals surface area contributed by atoms with E-state index in [2.05, 4.69) is 146 Å². The summed E-state index contributed by atoms with van der Waals surface area (Å²) in [5.74, 6) is 1.63. The molecule has 0 amide bonds. The molecule has 274 valence electrons. The lowest BCUT2D eigenvalue weighted by Gasteiger charge is -2.24. The highest BCUT2D eigenvalue weighted by Crippen LogP contribution is 2.52. The van der Waals surface area contributed by atoms with Crippen molar-refractivity contribution in [3.63, 3.8) is 0 Å². The smallest absolute Gasteiger partial charge is 0.161 e. The number of hydrogen-bond acceptors (Lipinski definition) is 4. The average molecular weight is 848 g/mol. The summed E-state index contributed by atoms with van der Waals surface area (Å²) in [6.45, 7) is 7.85. The van der Waals surface area contributed by atoms with E-state index in [4.69, 9.17) is 14.7 Å². The zero-order valence-corrected chi connectivity index (χ0v) is 33.3. The van der Waals surface area contributed by atoms with Crippen LogP contribution in [0.3, 0.4) is 0 Å². The number of ether oxygens (including phenoxy) is 1. The molecular weight excluding hydrogens is 809 g/mol. The summed E-state index contributed by atoms with van der Waals surface area (Å²) in [5.41, 5.74) is 13.1. The van der Waals surface area contributed by atoms with Crippen molar-refractivity contribution in [1.82, 2.24) is 4.98 Å². The molecule has 1 aliphatic carbocycles. The highest BCUT2D eigenvalue weighted by molar-refractivity contribution is 14.2. The fourth-order valence-corrected chi connectivity index (χ4v) is 10.1. The second-order valence-corrected chi connectivity index (χ2v) is 16.4. The monoisotopic (exact) mass is 847 g/mol. The van der Waals surface area contributed by atoms with Crippen LogP contribution in [0.5, 0.6) is 5.75 Å². The van der Waals surface area contributed by atoms with Gasteiger partial charge in [-0.15, -0.1) is 0 Å². The molecule has 2 aliphatic heterocycles. The number of fused-ring (bicyclic) bond motifs is 3. The SMILES string of the molecule is C=C/C=C\C=C(/C=C)c1ccc(-c2cc(-c3ccc(-c4ccccn4)cc3)c3c(c2)C2C(C4=NC(c5ccccc5)=NC(c5ccccc5)=I4)=CC=CC2O3)cc1. The Bertz CT molecular complexity index is 2660. The highest BCUT2D eigenvalue weighted by Gasteiger charge is 2.40. The van der Waals surface area contributed by atoms with Gasteiger partial charge in [0, 0.05) is 34.0 Å². The van der Waals surface area contributed by atoms with Crippen LogP contribution in [-0.4, -0.2) is 24.3 Å². The number of halogens is 1. The third-order valence-corrected chi connectivity index (χ3v) is 13.0. The molecule has 0 spiro atoms. The van der Waals surface area contributed by atoms with Crippen molar-refractivity contribution in [3.8, 4) is 39.3 Å². The molecule has 0 bridgehead atoms. The Balaban J connectivity index is 1.17. The van der Waals surface area contributed by atoms with Crippen LogP contribution in [0.4, 0.5) is 0 Å². The van der Waals surface area contributed by atoms with Crippen LogP contribution < -0.4 is 4.74 Å². The summed E-state index contributed by atoms with van der Waals surface area (Å²) in [5, 5.41) is 0. The minimum absolute atomic E-state index is 0.0340. The van der Waals surface area contributed by atoms with Crippen LogP contribution in [0, 0.1) is 0 Å². The molecule has 0 fully saturated rings. The van der Waals surface area contributed by atoms with E-state index in [1.165, 1.54) is 11.1 Å². The molecule has 4 nitrogen and oxygen atoms in total. The molecule has 3 heterocycles. The number of nitrogens with zero attached hydrogens (tertiary/aromatic N) is 3. The minimum Gasteiger partial charge on any atom is -0.484 e. The van der Waals surface area contributed by atoms with E-state index in [0.717, 1.165) is 74.7 Å². The average Bonchev–Trinajstić information content (AvgIpc) is 3.67. The number of hydrogen-bond donors (Lipinski definition) is 0. The first-order valence-corrected chi connectivity index (χ1v) is 21.1. The Morgan fingerprint density at radius 2 is 1.39 bits per heavy atom. The van der Waals surface area contributed by atoms with Gasteiger partial charge in [-0.05, 0) is 84.5 Å². The Morgan fingerprint density at radius 3 is 2.11 bits per heavy atom. The summed E-state index contributed by atoms with van der Waals surface area (Å²) in [6.07, 6.45) is 17.9. The molecule has 6 aromatic rings. The lowest BCUT2D eigenvalue weighted by atomic mass is 9.82. The topological polar surface area (TPSA) is 46.8 Å². The maximum absolute atomic E-state index is 7.01. The molecule has 9 rings (SSSR count). The van der Waals surface area contributed by atoms with E-state index in [9.17, 15) is 0 Å². The molecule has 0 saturated heterocycles. The van der Waals surface area contributed by atoms with Crippen molar-refractivity contribution in [1.29, 1.82) is 0 Å². The Labute approximate surface area is 343 Å². The molecule has 3 aliphatic rings. The molecule has 0 saturated carbocycles. The van der Waals surface area contributed by atoms with Gasteiger partial charge in [-0.25, -0.2) is 9.98 Å². The lowest BCUT2D eigenvalue weighted by Crippen LogP contribution is -2.24. The zero-order chi connectivity index (χ0) is 38.6. The normalized spacial score (nSPS) is 17.2. The molecule has 2 atom stereocenters. The van der Waals surface area contributed by atoms with Crippen molar-refractivity contribution in [3.05, 3.63) is 235 Å². The molecule has 1 aromatic heterocycles. The van der Waals surface area contributed by atoms with E-state index in [1.807, 2.05) is 60.8 Å². The van der Waals surface area contributed by atoms with Gasteiger partial charge in [0.15, 0.2) is 5.84 Å². The fourth-order valence-electron chi connectivity index (χ4n) is 7.44. The van der Waals surface area contributed by atoms with Crippen molar-refractivity contribution < 1.29 is 4.74 Å². The second-order valence-electron chi connectivity index (χ2n) is 13.8. The van der Waals surface area contributed by atoms with Gasteiger partial charge in [0.25, 0.3) is 0 Å². The minimum atomic E-state index is -0.713. The maximum Gasteiger partial charge on any atom is 0.161 e. The van der Waals surface area contributed by atoms with Gasteiger partial charge < -0.3 is 4.74 Å². The Kier molecular flexibility index (Phi) is 10.3. The van der Waals surface area contributed by atoms with E-state index < -0.39 is 20.7 Å². The highest BCUT2D eigenvalue weighted by atomic mass is 127. The predicted molar refractivity (Wildman–Crippen MR) is 247 cm³/mol. The van der Waals surface area contributed by atoms with Crippen molar-refractivity contribution in [2.75, 3.05) is 0 Å². The number of rotatable bonds is 10. The third kappa shape index (κ3) is 7.42. The van der Waals surface area contributed by atoms with Crippen LogP contribution >= 0.6 is 20.7 Å². The van der Waals surface area contributed by atoms with Crippen LogP contribution in [0.2, 0.25) is 0 Å². The van der Waals surface area contributed by atoms with Crippen molar-refractivity contribution >= 4 is 39.5 Å². The number of aromatic nitrogens is 1. The van der Waals surface area contributed by atoms with Gasteiger partial charge in [-0.3, -0.25) is 4.98 Å². The zero-order valence-electron chi connectivity index (χ0n) is 31.2. The second kappa shape index (κ2) is 16.3. The van der Waals surface area contributed by atoms with Gasteiger partial charge in [0.2, 0.25) is 0 Å². The van der Waals surface area contributed by atoms with Crippen LogP contribution in [0.25, 0.3) is 39.1 Å². The Morgan fingerprint density at radius 1 is 0.667 bits per heavy atom. The predicted octanol–water partition coefficient (Wildman–Crippen LogP) is 12.7. The quantitative estimate of drug-likeness (QED) is 0.102. The van der Waals surface area contributed by atoms with Gasteiger partial charge in [0.05, 0.1) is 11.6 Å². The molecule has 0 radical (unpaired) electrons. The number of pyridine rings is 1. The summed E-state index contributed by atoms with van der Waals surface area (Å²) >= 11 is -0.713. The van der Waals surface area contributed by atoms with Crippen molar-refractivity contribution in [2.24, 2.45) is 9.98 Å². The van der Waals surface area contributed by atoms with Crippen LogP contribution in [0.1, 0.15) is 28.2 Å². The molecular formula is C52H38IN3O. The summed E-state index contributed by atoms with van der Waals surface area (Å²) in [7, 11) is 0. The molecule has 0 N–H and O–H groups in total. The standard InChI is InChI=1S/C52H38IN3O/c1-3-5-8-16-35(4-2)36-24-26-37(27-25-36)42-33-44(38-28-30-39(31-29-38)46-22-13-14-32-54-46)49-45(34-42)48-43(21-15-23-47(48)57-49)51-53-50(40-17-9-6-10-18-40)55-52(56-51)41-19-11-7-12-20-41/h3-34,47-48H,1-2H2/b8-5-,35-16+. The maximum atomic E-state index is 7.01. The first kappa shape index (κ1) is 36.1.